The Labute approximate surface area is 119 Å². The van der Waals surface area contributed by atoms with Crippen LogP contribution in [0.1, 0.15) is 52.9 Å². The molecule has 0 radical (unpaired) electrons. The van der Waals surface area contributed by atoms with Crippen LogP contribution in [0.25, 0.3) is 0 Å². The standard InChI is InChI=1S/C15H23NO4/c1-4-11(16-19-5-2)13-12(17)9-15(20-14(13)18)7-6-10(3)8-15/h10,17H,4-9H2,1-3H3. The molecule has 0 amide bonds. The van der Waals surface area contributed by atoms with E-state index in [9.17, 15) is 9.90 Å². The lowest BCUT2D eigenvalue weighted by atomic mass is 9.89. The monoisotopic (exact) mass is 281 g/mol. The van der Waals surface area contributed by atoms with Crippen molar-refractivity contribution in [2.24, 2.45) is 11.1 Å². The Balaban J connectivity index is 2.26. The van der Waals surface area contributed by atoms with Gasteiger partial charge in [0.1, 0.15) is 23.5 Å². The molecule has 112 valence electrons. The molecule has 1 aliphatic heterocycles. The average molecular weight is 281 g/mol. The first-order valence-electron chi connectivity index (χ1n) is 7.36. The van der Waals surface area contributed by atoms with Crippen molar-refractivity contribution in [2.75, 3.05) is 6.61 Å². The highest BCUT2D eigenvalue weighted by Crippen LogP contribution is 2.44. The van der Waals surface area contributed by atoms with E-state index in [4.69, 9.17) is 9.57 Å². The highest BCUT2D eigenvalue weighted by Gasteiger charge is 2.46. The van der Waals surface area contributed by atoms with E-state index in [1.165, 1.54) is 0 Å². The number of hydrogen-bond donors (Lipinski definition) is 1. The number of aliphatic hydroxyl groups is 1. The maximum Gasteiger partial charge on any atom is 0.344 e. The Bertz CT molecular complexity index is 455. The molecule has 1 fully saturated rings. The summed E-state index contributed by atoms with van der Waals surface area (Å²) in [4.78, 5) is 17.3. The summed E-state index contributed by atoms with van der Waals surface area (Å²) in [5, 5.41) is 14.2. The van der Waals surface area contributed by atoms with Gasteiger partial charge in [-0.05, 0) is 38.5 Å². The summed E-state index contributed by atoms with van der Waals surface area (Å²) < 4.78 is 5.66. The number of oxime groups is 1. The first kappa shape index (κ1) is 14.9. The molecule has 1 saturated carbocycles. The average Bonchev–Trinajstić information content (AvgIpc) is 2.73. The van der Waals surface area contributed by atoms with Crippen LogP contribution >= 0.6 is 0 Å². The van der Waals surface area contributed by atoms with Crippen molar-refractivity contribution in [1.82, 2.24) is 0 Å². The molecule has 0 bridgehead atoms. The van der Waals surface area contributed by atoms with Crippen molar-refractivity contribution >= 4 is 11.7 Å². The fourth-order valence-electron chi connectivity index (χ4n) is 3.11. The summed E-state index contributed by atoms with van der Waals surface area (Å²) in [6.07, 6.45) is 3.58. The number of carbonyl (C=O) groups excluding carboxylic acids is 1. The van der Waals surface area contributed by atoms with E-state index in [0.29, 0.717) is 31.1 Å². The summed E-state index contributed by atoms with van der Waals surface area (Å²) in [5.41, 5.74) is 0.135. The Morgan fingerprint density at radius 2 is 2.30 bits per heavy atom. The van der Waals surface area contributed by atoms with E-state index >= 15 is 0 Å². The number of aliphatic hydroxyl groups excluding tert-OH is 1. The van der Waals surface area contributed by atoms with E-state index in [1.807, 2.05) is 13.8 Å². The van der Waals surface area contributed by atoms with Crippen LogP contribution in [-0.2, 0) is 14.4 Å². The minimum Gasteiger partial charge on any atom is -0.511 e. The molecule has 2 rings (SSSR count). The number of carbonyl (C=O) groups is 1. The molecule has 1 aliphatic carbocycles. The molecule has 1 heterocycles. The van der Waals surface area contributed by atoms with E-state index in [2.05, 4.69) is 12.1 Å². The molecule has 20 heavy (non-hydrogen) atoms. The van der Waals surface area contributed by atoms with E-state index in [-0.39, 0.29) is 11.3 Å². The molecule has 0 aromatic heterocycles. The van der Waals surface area contributed by atoms with Gasteiger partial charge in [-0.15, -0.1) is 0 Å². The van der Waals surface area contributed by atoms with E-state index in [0.717, 1.165) is 19.3 Å². The van der Waals surface area contributed by atoms with Crippen LogP contribution in [0, 0.1) is 5.92 Å². The molecule has 0 aromatic carbocycles. The molecular weight excluding hydrogens is 258 g/mol. The lowest BCUT2D eigenvalue weighted by molar-refractivity contribution is -0.157. The molecule has 2 unspecified atom stereocenters. The lowest BCUT2D eigenvalue weighted by Gasteiger charge is -2.34. The van der Waals surface area contributed by atoms with Gasteiger partial charge in [-0.1, -0.05) is 19.0 Å². The van der Waals surface area contributed by atoms with Crippen molar-refractivity contribution in [3.05, 3.63) is 11.3 Å². The Morgan fingerprint density at radius 3 is 2.80 bits per heavy atom. The normalized spacial score (nSPS) is 30.9. The first-order chi connectivity index (χ1) is 9.51. The molecule has 1 N–H and O–H groups in total. The zero-order valence-corrected chi connectivity index (χ0v) is 12.4. The molecule has 0 saturated heterocycles. The van der Waals surface area contributed by atoms with Gasteiger partial charge in [-0.25, -0.2) is 4.79 Å². The van der Waals surface area contributed by atoms with Gasteiger partial charge in [0.05, 0.1) is 5.71 Å². The van der Waals surface area contributed by atoms with Gasteiger partial charge in [-0.3, -0.25) is 0 Å². The molecule has 0 aromatic rings. The number of esters is 1. The third-order valence-electron chi connectivity index (χ3n) is 4.03. The van der Waals surface area contributed by atoms with Crippen LogP contribution in [0.4, 0.5) is 0 Å². The van der Waals surface area contributed by atoms with Gasteiger partial charge in [0.25, 0.3) is 0 Å². The summed E-state index contributed by atoms with van der Waals surface area (Å²) in [6.45, 7) is 6.26. The van der Waals surface area contributed by atoms with Gasteiger partial charge in [-0.2, -0.15) is 0 Å². The maximum atomic E-state index is 12.3. The molecule has 1 spiro atoms. The fourth-order valence-corrected chi connectivity index (χ4v) is 3.11. The van der Waals surface area contributed by atoms with Crippen molar-refractivity contribution < 1.29 is 19.5 Å². The highest BCUT2D eigenvalue weighted by molar-refractivity contribution is 6.20. The van der Waals surface area contributed by atoms with Crippen molar-refractivity contribution in [3.8, 4) is 0 Å². The lowest BCUT2D eigenvalue weighted by Crippen LogP contribution is -2.39. The fraction of sp³-hybridized carbons (Fsp3) is 0.733. The van der Waals surface area contributed by atoms with Gasteiger partial charge in [0.2, 0.25) is 0 Å². The first-order valence-corrected chi connectivity index (χ1v) is 7.36. The van der Waals surface area contributed by atoms with Crippen LogP contribution in [-0.4, -0.2) is 29.0 Å². The third-order valence-corrected chi connectivity index (χ3v) is 4.03. The molecule has 5 nitrogen and oxygen atoms in total. The smallest absolute Gasteiger partial charge is 0.344 e. The van der Waals surface area contributed by atoms with Gasteiger partial charge in [0, 0.05) is 6.42 Å². The summed E-state index contributed by atoms with van der Waals surface area (Å²) in [5.74, 6) is 0.152. The second-order valence-electron chi connectivity index (χ2n) is 5.73. The minimum absolute atomic E-state index is 0.0932. The van der Waals surface area contributed by atoms with E-state index in [1.54, 1.807) is 0 Å². The largest absolute Gasteiger partial charge is 0.511 e. The zero-order valence-electron chi connectivity index (χ0n) is 12.4. The second kappa shape index (κ2) is 5.85. The molecular formula is C15H23NO4. The number of nitrogens with zero attached hydrogens (tertiary/aromatic N) is 1. The van der Waals surface area contributed by atoms with E-state index < -0.39 is 11.6 Å². The summed E-state index contributed by atoms with van der Waals surface area (Å²) in [7, 11) is 0. The SMILES string of the molecule is CCON=C(CC)C1=C(O)CC2(CCC(C)C2)OC1=O. The van der Waals surface area contributed by atoms with Crippen LogP contribution in [0.15, 0.2) is 16.5 Å². The Morgan fingerprint density at radius 1 is 1.55 bits per heavy atom. The van der Waals surface area contributed by atoms with Crippen molar-refractivity contribution in [1.29, 1.82) is 0 Å². The quantitative estimate of drug-likeness (QED) is 0.488. The highest BCUT2D eigenvalue weighted by atomic mass is 16.6. The number of hydrogen-bond acceptors (Lipinski definition) is 5. The van der Waals surface area contributed by atoms with Crippen LogP contribution in [0.2, 0.25) is 0 Å². The Kier molecular flexibility index (Phi) is 4.35. The van der Waals surface area contributed by atoms with Gasteiger partial charge < -0.3 is 14.7 Å². The zero-order chi connectivity index (χ0) is 14.8. The predicted molar refractivity (Wildman–Crippen MR) is 75.5 cm³/mol. The van der Waals surface area contributed by atoms with Gasteiger partial charge in [0.15, 0.2) is 0 Å². The van der Waals surface area contributed by atoms with Crippen molar-refractivity contribution in [3.63, 3.8) is 0 Å². The topological polar surface area (TPSA) is 68.1 Å². The number of rotatable bonds is 4. The summed E-state index contributed by atoms with van der Waals surface area (Å²) in [6, 6.07) is 0. The van der Waals surface area contributed by atoms with Crippen LogP contribution in [0.3, 0.4) is 0 Å². The minimum atomic E-state index is -0.505. The second-order valence-corrected chi connectivity index (χ2v) is 5.73. The molecule has 2 atom stereocenters. The van der Waals surface area contributed by atoms with Crippen LogP contribution < -0.4 is 0 Å². The maximum absolute atomic E-state index is 12.3. The van der Waals surface area contributed by atoms with Crippen molar-refractivity contribution in [2.45, 2.75) is 58.5 Å². The summed E-state index contributed by atoms with van der Waals surface area (Å²) >= 11 is 0. The Hall–Kier alpha value is -1.52. The molecule has 2 aliphatic rings. The van der Waals surface area contributed by atoms with Gasteiger partial charge >= 0.3 is 5.97 Å². The predicted octanol–water partition coefficient (Wildman–Crippen LogP) is 3.11. The van der Waals surface area contributed by atoms with Crippen LogP contribution in [0.5, 0.6) is 0 Å². The third kappa shape index (κ3) is 2.81. The molecule has 5 heteroatoms. The number of ether oxygens (including phenoxy) is 1.